The zero-order valence-corrected chi connectivity index (χ0v) is 19.9. The number of hydrogen-bond acceptors (Lipinski definition) is 6. The van der Waals surface area contributed by atoms with E-state index in [-0.39, 0.29) is 27.9 Å². The predicted octanol–water partition coefficient (Wildman–Crippen LogP) is 5.96. The summed E-state index contributed by atoms with van der Waals surface area (Å²) in [6, 6.07) is 2.39. The van der Waals surface area contributed by atoms with E-state index in [0.717, 1.165) is 51.5 Å². The van der Waals surface area contributed by atoms with Gasteiger partial charge in [-0.15, -0.1) is 0 Å². The molecule has 0 spiro atoms. The van der Waals surface area contributed by atoms with Gasteiger partial charge in [-0.3, -0.25) is 4.98 Å². The number of aromatic nitrogens is 4. The summed E-state index contributed by atoms with van der Waals surface area (Å²) in [5.41, 5.74) is 0.996. The maximum Gasteiger partial charge on any atom is 0.181 e. The van der Waals surface area contributed by atoms with E-state index in [9.17, 15) is 0 Å². The number of halogens is 3. The first kappa shape index (κ1) is 24.4. The summed E-state index contributed by atoms with van der Waals surface area (Å²) < 4.78 is 36.2. The number of nitrogens with one attached hydrogen (secondary N) is 1. The first-order valence-corrected chi connectivity index (χ1v) is 12.1. The normalized spacial score (nSPS) is 14.7. The van der Waals surface area contributed by atoms with Gasteiger partial charge >= 0.3 is 0 Å². The molecule has 3 aromatic rings. The van der Waals surface area contributed by atoms with Gasteiger partial charge in [0.2, 0.25) is 0 Å². The van der Waals surface area contributed by atoms with Crippen LogP contribution in [0.2, 0.25) is 5.15 Å². The molecule has 1 aromatic carbocycles. The van der Waals surface area contributed by atoms with E-state index in [1.807, 2.05) is 7.05 Å². The van der Waals surface area contributed by atoms with E-state index in [0.29, 0.717) is 23.8 Å². The largest absolute Gasteiger partial charge is 0.493 e. The van der Waals surface area contributed by atoms with Crippen LogP contribution in [0.15, 0.2) is 30.7 Å². The lowest BCUT2D eigenvalue weighted by molar-refractivity contribution is 0.306. The van der Waals surface area contributed by atoms with Gasteiger partial charge in [0.25, 0.3) is 0 Å². The second-order valence-electron chi connectivity index (χ2n) is 8.44. The number of rotatable bonds is 8. The van der Waals surface area contributed by atoms with Crippen LogP contribution in [0.3, 0.4) is 0 Å². The van der Waals surface area contributed by atoms with Crippen molar-refractivity contribution in [3.8, 4) is 28.4 Å². The third kappa shape index (κ3) is 5.67. The van der Waals surface area contributed by atoms with Crippen molar-refractivity contribution in [1.82, 2.24) is 25.3 Å². The van der Waals surface area contributed by atoms with Crippen LogP contribution in [0.25, 0.3) is 22.6 Å². The molecule has 1 saturated carbocycles. The zero-order chi connectivity index (χ0) is 23.9. The molecule has 9 heteroatoms. The van der Waals surface area contributed by atoms with Gasteiger partial charge in [-0.05, 0) is 32.9 Å². The standard InChI is InChI=1S/C25H28ClF2N5O/c1-29-9-6-12-34-17-13-18(27)21(19(28)14-17)22-23(16-7-4-2-3-5-8-16)32-25(33-24(22)26)20-15-30-10-11-31-20/h10-11,13-16,29H,2-9,12H2,1H3. The molecule has 180 valence electrons. The quantitative estimate of drug-likeness (QED) is 0.240. The van der Waals surface area contributed by atoms with Crippen molar-refractivity contribution in [2.45, 2.75) is 50.9 Å². The van der Waals surface area contributed by atoms with Gasteiger partial charge in [-0.2, -0.15) is 0 Å². The molecule has 4 rings (SSSR count). The molecule has 0 aliphatic heterocycles. The Bertz CT molecular complexity index is 1080. The van der Waals surface area contributed by atoms with Crippen molar-refractivity contribution < 1.29 is 13.5 Å². The molecule has 0 unspecified atom stereocenters. The number of ether oxygens (including phenoxy) is 1. The van der Waals surface area contributed by atoms with Crippen LogP contribution >= 0.6 is 11.6 Å². The topological polar surface area (TPSA) is 72.8 Å². The van der Waals surface area contributed by atoms with Crippen molar-refractivity contribution in [3.05, 3.63) is 53.2 Å². The highest BCUT2D eigenvalue weighted by molar-refractivity contribution is 6.32. The van der Waals surface area contributed by atoms with Crippen LogP contribution < -0.4 is 10.1 Å². The van der Waals surface area contributed by atoms with E-state index < -0.39 is 11.6 Å². The number of benzene rings is 1. The van der Waals surface area contributed by atoms with E-state index in [1.165, 1.54) is 12.1 Å². The summed E-state index contributed by atoms with van der Waals surface area (Å²) in [7, 11) is 1.83. The molecule has 0 amide bonds. The van der Waals surface area contributed by atoms with Gasteiger partial charge in [0.15, 0.2) is 5.82 Å². The molecule has 0 saturated heterocycles. The van der Waals surface area contributed by atoms with E-state index >= 15 is 8.78 Å². The van der Waals surface area contributed by atoms with Crippen LogP contribution in [0.4, 0.5) is 8.78 Å². The molecule has 2 heterocycles. The molecule has 0 radical (unpaired) electrons. The first-order valence-electron chi connectivity index (χ1n) is 11.7. The van der Waals surface area contributed by atoms with Gasteiger partial charge in [-0.25, -0.2) is 23.7 Å². The van der Waals surface area contributed by atoms with Gasteiger partial charge in [0.05, 0.1) is 24.1 Å². The van der Waals surface area contributed by atoms with Crippen molar-refractivity contribution in [2.75, 3.05) is 20.2 Å². The molecule has 1 N–H and O–H groups in total. The minimum atomic E-state index is -0.753. The van der Waals surface area contributed by atoms with Gasteiger partial charge in [-0.1, -0.05) is 37.3 Å². The van der Waals surface area contributed by atoms with Gasteiger partial charge in [0, 0.05) is 36.0 Å². The van der Waals surface area contributed by atoms with Crippen LogP contribution in [-0.2, 0) is 0 Å². The first-order chi connectivity index (χ1) is 16.6. The molecule has 0 atom stereocenters. The monoisotopic (exact) mass is 487 g/mol. The third-order valence-corrected chi connectivity index (χ3v) is 6.31. The summed E-state index contributed by atoms with van der Waals surface area (Å²) in [5.74, 6) is -1.05. The summed E-state index contributed by atoms with van der Waals surface area (Å²) in [4.78, 5) is 17.5. The van der Waals surface area contributed by atoms with Crippen molar-refractivity contribution in [3.63, 3.8) is 0 Å². The Hall–Kier alpha value is -2.71. The Morgan fingerprint density at radius 2 is 1.76 bits per heavy atom. The molecule has 1 aliphatic carbocycles. The minimum absolute atomic E-state index is 0.00427. The number of hydrogen-bond donors (Lipinski definition) is 1. The fourth-order valence-electron chi connectivity index (χ4n) is 4.37. The fourth-order valence-corrected chi connectivity index (χ4v) is 4.64. The Morgan fingerprint density at radius 1 is 1.03 bits per heavy atom. The summed E-state index contributed by atoms with van der Waals surface area (Å²) in [6.45, 7) is 1.10. The predicted molar refractivity (Wildman–Crippen MR) is 128 cm³/mol. The van der Waals surface area contributed by atoms with Crippen molar-refractivity contribution >= 4 is 11.6 Å². The highest BCUT2D eigenvalue weighted by Gasteiger charge is 2.28. The van der Waals surface area contributed by atoms with Crippen molar-refractivity contribution in [2.24, 2.45) is 0 Å². The Morgan fingerprint density at radius 3 is 2.41 bits per heavy atom. The average Bonchev–Trinajstić information content (AvgIpc) is 3.12. The lowest BCUT2D eigenvalue weighted by Gasteiger charge is -2.20. The lowest BCUT2D eigenvalue weighted by Crippen LogP contribution is -2.12. The summed E-state index contributed by atoms with van der Waals surface area (Å²) in [6.07, 6.45) is 11.4. The fraction of sp³-hybridized carbons (Fsp3) is 0.440. The Labute approximate surface area is 203 Å². The van der Waals surface area contributed by atoms with Gasteiger partial charge < -0.3 is 10.1 Å². The minimum Gasteiger partial charge on any atom is -0.493 e. The molecular formula is C25H28ClF2N5O. The van der Waals surface area contributed by atoms with E-state index in [2.05, 4.69) is 20.3 Å². The SMILES string of the molecule is CNCCCOc1cc(F)c(-c2c(Cl)nc(-c3cnccn3)nc2C2CCCCCC2)c(F)c1. The smallest absolute Gasteiger partial charge is 0.181 e. The maximum absolute atomic E-state index is 15.3. The number of nitrogens with zero attached hydrogens (tertiary/aromatic N) is 4. The molecule has 6 nitrogen and oxygen atoms in total. The van der Waals surface area contributed by atoms with E-state index in [4.69, 9.17) is 21.3 Å². The maximum atomic E-state index is 15.3. The van der Waals surface area contributed by atoms with Crippen LogP contribution in [-0.4, -0.2) is 40.1 Å². The molecule has 0 bridgehead atoms. The molecule has 2 aromatic heterocycles. The summed E-state index contributed by atoms with van der Waals surface area (Å²) in [5, 5.41) is 3.00. The second kappa shape index (κ2) is 11.6. The van der Waals surface area contributed by atoms with Gasteiger partial charge in [0.1, 0.15) is 28.2 Å². The molecular weight excluding hydrogens is 460 g/mol. The van der Waals surface area contributed by atoms with Crippen molar-refractivity contribution in [1.29, 1.82) is 0 Å². The lowest BCUT2D eigenvalue weighted by atomic mass is 9.90. The highest BCUT2D eigenvalue weighted by Crippen LogP contribution is 2.42. The highest BCUT2D eigenvalue weighted by atomic mass is 35.5. The Balaban J connectivity index is 1.79. The second-order valence-corrected chi connectivity index (χ2v) is 8.80. The molecule has 34 heavy (non-hydrogen) atoms. The average molecular weight is 488 g/mol. The third-order valence-electron chi connectivity index (χ3n) is 6.03. The van der Waals surface area contributed by atoms with E-state index in [1.54, 1.807) is 18.6 Å². The summed E-state index contributed by atoms with van der Waals surface area (Å²) >= 11 is 6.61. The zero-order valence-electron chi connectivity index (χ0n) is 19.2. The molecule has 1 fully saturated rings. The van der Waals surface area contributed by atoms with Crippen LogP contribution in [0, 0.1) is 11.6 Å². The van der Waals surface area contributed by atoms with Crippen LogP contribution in [0.5, 0.6) is 5.75 Å². The molecule has 1 aliphatic rings. The van der Waals surface area contributed by atoms with Crippen LogP contribution in [0.1, 0.15) is 56.6 Å². The Kier molecular flexibility index (Phi) is 8.34.